The SMILES string of the molecule is Cc1cc(Br)cc(C)c1NCCCC(C)C. The van der Waals surface area contributed by atoms with Gasteiger partial charge in [-0.25, -0.2) is 0 Å². The molecular weight excluding hydrogens is 262 g/mol. The molecule has 0 saturated heterocycles. The second-order valence-electron chi connectivity index (χ2n) is 4.88. The zero-order valence-electron chi connectivity index (χ0n) is 10.7. The summed E-state index contributed by atoms with van der Waals surface area (Å²) in [6.45, 7) is 9.93. The summed E-state index contributed by atoms with van der Waals surface area (Å²) in [4.78, 5) is 0. The minimum atomic E-state index is 0.800. The summed E-state index contributed by atoms with van der Waals surface area (Å²) in [5, 5.41) is 3.54. The lowest BCUT2D eigenvalue weighted by atomic mass is 10.1. The molecule has 0 fully saturated rings. The van der Waals surface area contributed by atoms with E-state index < -0.39 is 0 Å². The molecule has 0 aliphatic carbocycles. The van der Waals surface area contributed by atoms with E-state index in [2.05, 4.69) is 61.1 Å². The van der Waals surface area contributed by atoms with Gasteiger partial charge in [0.25, 0.3) is 0 Å². The Hall–Kier alpha value is -0.500. The number of aryl methyl sites for hydroxylation is 2. The number of hydrogen-bond acceptors (Lipinski definition) is 1. The molecule has 1 rings (SSSR count). The molecule has 1 aromatic rings. The van der Waals surface area contributed by atoms with E-state index in [4.69, 9.17) is 0 Å². The zero-order valence-corrected chi connectivity index (χ0v) is 12.3. The molecule has 1 N–H and O–H groups in total. The van der Waals surface area contributed by atoms with E-state index in [1.165, 1.54) is 29.7 Å². The highest BCUT2D eigenvalue weighted by molar-refractivity contribution is 9.10. The lowest BCUT2D eigenvalue weighted by Crippen LogP contribution is -2.05. The number of nitrogens with one attached hydrogen (secondary N) is 1. The summed E-state index contributed by atoms with van der Waals surface area (Å²) in [5.41, 5.74) is 3.93. The monoisotopic (exact) mass is 283 g/mol. The molecule has 0 aromatic heterocycles. The van der Waals surface area contributed by atoms with Crippen LogP contribution in [0, 0.1) is 19.8 Å². The second-order valence-corrected chi connectivity index (χ2v) is 5.79. The van der Waals surface area contributed by atoms with Gasteiger partial charge in [0, 0.05) is 16.7 Å². The lowest BCUT2D eigenvalue weighted by molar-refractivity contribution is 0.567. The Morgan fingerprint density at radius 2 is 1.75 bits per heavy atom. The van der Waals surface area contributed by atoms with Crippen LogP contribution in [0.3, 0.4) is 0 Å². The van der Waals surface area contributed by atoms with Crippen molar-refractivity contribution in [2.24, 2.45) is 5.92 Å². The first-order chi connectivity index (χ1) is 7.50. The molecule has 1 aromatic carbocycles. The highest BCUT2D eigenvalue weighted by atomic mass is 79.9. The van der Waals surface area contributed by atoms with Crippen molar-refractivity contribution < 1.29 is 0 Å². The highest BCUT2D eigenvalue weighted by Gasteiger charge is 2.03. The molecular formula is C14H22BrN. The Kier molecular flexibility index (Phi) is 5.33. The minimum Gasteiger partial charge on any atom is -0.385 e. The average molecular weight is 284 g/mol. The molecule has 0 aliphatic rings. The van der Waals surface area contributed by atoms with Gasteiger partial charge in [-0.05, 0) is 55.9 Å². The summed E-state index contributed by atoms with van der Waals surface area (Å²) in [6, 6.07) is 4.33. The van der Waals surface area contributed by atoms with Gasteiger partial charge in [-0.3, -0.25) is 0 Å². The molecule has 0 unspecified atom stereocenters. The first kappa shape index (κ1) is 13.6. The fraction of sp³-hybridized carbons (Fsp3) is 0.571. The predicted octanol–water partition coefficient (Wildman–Crippen LogP) is 4.91. The number of anilines is 1. The molecule has 0 amide bonds. The Morgan fingerprint density at radius 1 is 1.19 bits per heavy atom. The van der Waals surface area contributed by atoms with Crippen molar-refractivity contribution in [1.29, 1.82) is 0 Å². The van der Waals surface area contributed by atoms with Gasteiger partial charge in [-0.2, -0.15) is 0 Å². The molecule has 1 nitrogen and oxygen atoms in total. The summed E-state index contributed by atoms with van der Waals surface area (Å²) in [7, 11) is 0. The lowest BCUT2D eigenvalue weighted by Gasteiger charge is -2.13. The average Bonchev–Trinajstić information content (AvgIpc) is 2.14. The molecule has 0 bridgehead atoms. The maximum atomic E-state index is 3.54. The largest absolute Gasteiger partial charge is 0.385 e. The van der Waals surface area contributed by atoms with Gasteiger partial charge in [0.15, 0.2) is 0 Å². The maximum Gasteiger partial charge on any atom is 0.0400 e. The van der Waals surface area contributed by atoms with Gasteiger partial charge in [0.05, 0.1) is 0 Å². The molecule has 2 heteroatoms. The van der Waals surface area contributed by atoms with Crippen molar-refractivity contribution in [2.75, 3.05) is 11.9 Å². The van der Waals surface area contributed by atoms with Crippen molar-refractivity contribution in [2.45, 2.75) is 40.5 Å². The van der Waals surface area contributed by atoms with Crippen molar-refractivity contribution >= 4 is 21.6 Å². The van der Waals surface area contributed by atoms with Crippen LogP contribution in [0.5, 0.6) is 0 Å². The standard InChI is InChI=1S/C14H22BrN/c1-10(2)6-5-7-16-14-11(3)8-13(15)9-12(14)4/h8-10,16H,5-7H2,1-4H3. The van der Waals surface area contributed by atoms with Crippen molar-refractivity contribution in [3.63, 3.8) is 0 Å². The first-order valence-electron chi connectivity index (χ1n) is 6.01. The normalized spacial score (nSPS) is 10.9. The van der Waals surface area contributed by atoms with Crippen molar-refractivity contribution in [1.82, 2.24) is 0 Å². The Bertz CT molecular complexity index is 322. The van der Waals surface area contributed by atoms with Crippen molar-refractivity contribution in [3.8, 4) is 0 Å². The van der Waals surface area contributed by atoms with Gasteiger partial charge in [-0.1, -0.05) is 29.8 Å². The number of hydrogen-bond donors (Lipinski definition) is 1. The smallest absolute Gasteiger partial charge is 0.0400 e. The van der Waals surface area contributed by atoms with E-state index in [-0.39, 0.29) is 0 Å². The minimum absolute atomic E-state index is 0.800. The van der Waals surface area contributed by atoms with Crippen LogP contribution >= 0.6 is 15.9 Å². The summed E-state index contributed by atoms with van der Waals surface area (Å²) >= 11 is 3.52. The summed E-state index contributed by atoms with van der Waals surface area (Å²) in [5.74, 6) is 0.800. The first-order valence-corrected chi connectivity index (χ1v) is 6.80. The zero-order chi connectivity index (χ0) is 12.1. The Balaban J connectivity index is 2.54. The van der Waals surface area contributed by atoms with E-state index in [0.29, 0.717) is 0 Å². The van der Waals surface area contributed by atoms with Crippen LogP contribution in [0.4, 0.5) is 5.69 Å². The summed E-state index contributed by atoms with van der Waals surface area (Å²) in [6.07, 6.45) is 2.54. The van der Waals surface area contributed by atoms with Crippen LogP contribution in [-0.2, 0) is 0 Å². The maximum absolute atomic E-state index is 3.54. The number of halogens is 1. The van der Waals surface area contributed by atoms with Crippen LogP contribution in [0.15, 0.2) is 16.6 Å². The topological polar surface area (TPSA) is 12.0 Å². The van der Waals surface area contributed by atoms with E-state index >= 15 is 0 Å². The van der Waals surface area contributed by atoms with Gasteiger partial charge in [0.2, 0.25) is 0 Å². The van der Waals surface area contributed by atoms with E-state index in [1.54, 1.807) is 0 Å². The molecule has 0 atom stereocenters. The van der Waals surface area contributed by atoms with Crippen LogP contribution in [0.25, 0.3) is 0 Å². The quantitative estimate of drug-likeness (QED) is 0.757. The number of rotatable bonds is 5. The number of benzene rings is 1. The fourth-order valence-corrected chi connectivity index (χ4v) is 2.60. The third-order valence-electron chi connectivity index (χ3n) is 2.76. The van der Waals surface area contributed by atoms with Crippen LogP contribution in [0.2, 0.25) is 0 Å². The second kappa shape index (κ2) is 6.29. The molecule has 0 spiro atoms. The molecule has 16 heavy (non-hydrogen) atoms. The van der Waals surface area contributed by atoms with E-state index in [1.807, 2.05) is 0 Å². The van der Waals surface area contributed by atoms with Crippen molar-refractivity contribution in [3.05, 3.63) is 27.7 Å². The highest BCUT2D eigenvalue weighted by Crippen LogP contribution is 2.25. The Morgan fingerprint density at radius 3 is 2.25 bits per heavy atom. The molecule has 0 radical (unpaired) electrons. The van der Waals surface area contributed by atoms with Gasteiger partial charge in [-0.15, -0.1) is 0 Å². The van der Waals surface area contributed by atoms with Crippen LogP contribution in [0.1, 0.15) is 37.8 Å². The van der Waals surface area contributed by atoms with Gasteiger partial charge in [0.1, 0.15) is 0 Å². The van der Waals surface area contributed by atoms with Gasteiger partial charge >= 0.3 is 0 Å². The van der Waals surface area contributed by atoms with Crippen LogP contribution < -0.4 is 5.32 Å². The summed E-state index contributed by atoms with van der Waals surface area (Å²) < 4.78 is 1.16. The molecule has 0 heterocycles. The molecule has 0 saturated carbocycles. The van der Waals surface area contributed by atoms with E-state index in [9.17, 15) is 0 Å². The molecule has 0 aliphatic heterocycles. The molecule has 90 valence electrons. The Labute approximate surface area is 108 Å². The van der Waals surface area contributed by atoms with Crippen LogP contribution in [-0.4, -0.2) is 6.54 Å². The third-order valence-corrected chi connectivity index (χ3v) is 3.22. The van der Waals surface area contributed by atoms with Gasteiger partial charge < -0.3 is 5.32 Å². The third kappa shape index (κ3) is 4.17. The fourth-order valence-electron chi connectivity index (χ4n) is 1.91. The predicted molar refractivity (Wildman–Crippen MR) is 76.2 cm³/mol. The van der Waals surface area contributed by atoms with E-state index in [0.717, 1.165) is 16.9 Å².